The first-order chi connectivity index (χ1) is 9.30. The van der Waals surface area contributed by atoms with Crippen LogP contribution in [0.2, 0.25) is 0 Å². The van der Waals surface area contributed by atoms with Crippen LogP contribution in [0.3, 0.4) is 0 Å². The van der Waals surface area contributed by atoms with E-state index in [1.54, 1.807) is 0 Å². The third kappa shape index (κ3) is 3.11. The molecule has 0 heterocycles. The van der Waals surface area contributed by atoms with Crippen LogP contribution in [0.15, 0.2) is 18.2 Å². The van der Waals surface area contributed by atoms with Gasteiger partial charge in [0.15, 0.2) is 11.6 Å². The molecule has 1 nitrogen and oxygen atoms in total. The average molecular weight is 293 g/mol. The van der Waals surface area contributed by atoms with E-state index in [0.717, 1.165) is 6.07 Å². The van der Waals surface area contributed by atoms with E-state index in [4.69, 9.17) is 5.73 Å². The molecular formula is C14H16F5N. The first-order valence-corrected chi connectivity index (χ1v) is 6.57. The van der Waals surface area contributed by atoms with E-state index in [1.165, 1.54) is 12.1 Å². The first kappa shape index (κ1) is 15.2. The molecule has 6 heteroatoms. The Morgan fingerprint density at radius 1 is 1.05 bits per heavy atom. The third-order valence-corrected chi connectivity index (χ3v) is 4.08. The van der Waals surface area contributed by atoms with E-state index in [2.05, 4.69) is 0 Å². The molecule has 0 saturated heterocycles. The highest BCUT2D eigenvalue weighted by Gasteiger charge is 2.42. The molecule has 0 aliphatic heterocycles. The maximum Gasteiger partial charge on any atom is 0.391 e. The fraction of sp³-hybridized carbons (Fsp3) is 0.571. The Balaban J connectivity index is 2.05. The van der Waals surface area contributed by atoms with Gasteiger partial charge in [0.25, 0.3) is 0 Å². The van der Waals surface area contributed by atoms with E-state index in [-0.39, 0.29) is 37.2 Å². The first-order valence-electron chi connectivity index (χ1n) is 6.57. The van der Waals surface area contributed by atoms with Gasteiger partial charge in [0, 0.05) is 11.6 Å². The number of halogens is 5. The van der Waals surface area contributed by atoms with Crippen LogP contribution in [-0.2, 0) is 0 Å². The van der Waals surface area contributed by atoms with Crippen molar-refractivity contribution in [2.75, 3.05) is 0 Å². The lowest BCUT2D eigenvalue weighted by molar-refractivity contribution is -0.184. The molecule has 1 fully saturated rings. The maximum absolute atomic E-state index is 13.6. The molecule has 1 aromatic carbocycles. The van der Waals surface area contributed by atoms with Crippen molar-refractivity contribution < 1.29 is 22.0 Å². The van der Waals surface area contributed by atoms with Gasteiger partial charge in [-0.3, -0.25) is 0 Å². The molecule has 1 aromatic rings. The van der Waals surface area contributed by atoms with Crippen molar-refractivity contribution in [1.82, 2.24) is 0 Å². The van der Waals surface area contributed by atoms with Gasteiger partial charge in [-0.25, -0.2) is 8.78 Å². The van der Waals surface area contributed by atoms with E-state index in [0.29, 0.717) is 0 Å². The van der Waals surface area contributed by atoms with Crippen molar-refractivity contribution in [3.63, 3.8) is 0 Å². The standard InChI is InChI=1S/C14H16F5N/c15-11-3-1-2-10(12(11)16)13(20)8-4-6-9(7-5-8)14(17,18)19/h1-3,8-9,13H,4-7,20H2. The van der Waals surface area contributed by atoms with Gasteiger partial charge >= 0.3 is 6.18 Å². The number of nitrogens with two attached hydrogens (primary N) is 1. The summed E-state index contributed by atoms with van der Waals surface area (Å²) >= 11 is 0. The Hall–Kier alpha value is -1.17. The van der Waals surface area contributed by atoms with Crippen molar-refractivity contribution >= 4 is 0 Å². The second-order valence-electron chi connectivity index (χ2n) is 5.32. The van der Waals surface area contributed by atoms with Crippen molar-refractivity contribution in [2.45, 2.75) is 37.9 Å². The van der Waals surface area contributed by atoms with E-state index in [1.807, 2.05) is 0 Å². The van der Waals surface area contributed by atoms with Crippen LogP contribution < -0.4 is 5.73 Å². The third-order valence-electron chi connectivity index (χ3n) is 4.08. The second-order valence-corrected chi connectivity index (χ2v) is 5.32. The Morgan fingerprint density at radius 2 is 1.65 bits per heavy atom. The Morgan fingerprint density at radius 3 is 2.20 bits per heavy atom. The molecule has 1 aliphatic rings. The Labute approximate surface area is 114 Å². The van der Waals surface area contributed by atoms with Gasteiger partial charge in [-0.15, -0.1) is 0 Å². The number of alkyl halides is 3. The molecule has 0 amide bonds. The highest BCUT2D eigenvalue weighted by molar-refractivity contribution is 5.23. The molecule has 0 aromatic heterocycles. The van der Waals surface area contributed by atoms with E-state index in [9.17, 15) is 22.0 Å². The van der Waals surface area contributed by atoms with Gasteiger partial charge in [0.2, 0.25) is 0 Å². The van der Waals surface area contributed by atoms with Gasteiger partial charge in [-0.1, -0.05) is 12.1 Å². The highest BCUT2D eigenvalue weighted by atomic mass is 19.4. The summed E-state index contributed by atoms with van der Waals surface area (Å²) in [4.78, 5) is 0. The van der Waals surface area contributed by atoms with E-state index < -0.39 is 29.8 Å². The molecule has 112 valence electrons. The molecule has 20 heavy (non-hydrogen) atoms. The Bertz CT molecular complexity index is 463. The normalized spacial score (nSPS) is 25.5. The van der Waals surface area contributed by atoms with Crippen LogP contribution in [-0.4, -0.2) is 6.18 Å². The second kappa shape index (κ2) is 5.68. The van der Waals surface area contributed by atoms with Crippen LogP contribution in [0.4, 0.5) is 22.0 Å². The molecule has 1 saturated carbocycles. The largest absolute Gasteiger partial charge is 0.391 e. The van der Waals surface area contributed by atoms with E-state index >= 15 is 0 Å². The summed E-state index contributed by atoms with van der Waals surface area (Å²) < 4.78 is 64.5. The Kier molecular flexibility index (Phi) is 4.32. The van der Waals surface area contributed by atoms with Crippen LogP contribution >= 0.6 is 0 Å². The summed E-state index contributed by atoms with van der Waals surface area (Å²) in [6.45, 7) is 0. The van der Waals surface area contributed by atoms with Gasteiger partial charge in [-0.2, -0.15) is 13.2 Å². The molecule has 2 rings (SSSR count). The zero-order valence-corrected chi connectivity index (χ0v) is 10.8. The summed E-state index contributed by atoms with van der Waals surface area (Å²) in [5.41, 5.74) is 5.95. The monoisotopic (exact) mass is 293 g/mol. The van der Waals surface area contributed by atoms with Gasteiger partial charge < -0.3 is 5.73 Å². The maximum atomic E-state index is 13.6. The number of hydrogen-bond acceptors (Lipinski definition) is 1. The lowest BCUT2D eigenvalue weighted by Gasteiger charge is -2.33. The number of rotatable bonds is 2. The highest BCUT2D eigenvalue weighted by Crippen LogP contribution is 2.42. The molecule has 2 N–H and O–H groups in total. The fourth-order valence-corrected chi connectivity index (χ4v) is 2.84. The fourth-order valence-electron chi connectivity index (χ4n) is 2.84. The molecule has 1 atom stereocenters. The van der Waals surface area contributed by atoms with Crippen LogP contribution in [0.25, 0.3) is 0 Å². The number of benzene rings is 1. The lowest BCUT2D eigenvalue weighted by Crippen LogP contribution is -2.32. The minimum absolute atomic E-state index is 0.00119. The van der Waals surface area contributed by atoms with Crippen molar-refractivity contribution in [3.8, 4) is 0 Å². The smallest absolute Gasteiger partial charge is 0.324 e. The summed E-state index contributed by atoms with van der Waals surface area (Å²) in [5, 5.41) is 0. The van der Waals surface area contributed by atoms with Gasteiger partial charge in [0.05, 0.1) is 5.92 Å². The SMILES string of the molecule is NC(c1cccc(F)c1F)C1CCC(C(F)(F)F)CC1. The lowest BCUT2D eigenvalue weighted by atomic mass is 9.76. The zero-order chi connectivity index (χ0) is 14.9. The molecule has 1 aliphatic carbocycles. The number of hydrogen-bond donors (Lipinski definition) is 1. The average Bonchev–Trinajstić information content (AvgIpc) is 2.40. The molecule has 0 bridgehead atoms. The predicted molar refractivity (Wildman–Crippen MR) is 64.8 cm³/mol. The molecule has 0 spiro atoms. The van der Waals surface area contributed by atoms with Crippen molar-refractivity contribution in [1.29, 1.82) is 0 Å². The predicted octanol–water partition coefficient (Wildman–Crippen LogP) is 4.33. The van der Waals surface area contributed by atoms with Crippen molar-refractivity contribution in [3.05, 3.63) is 35.4 Å². The summed E-state index contributed by atoms with van der Waals surface area (Å²) in [5.74, 6) is -3.53. The quantitative estimate of drug-likeness (QED) is 0.807. The minimum atomic E-state index is -4.18. The zero-order valence-electron chi connectivity index (χ0n) is 10.8. The van der Waals surface area contributed by atoms with Crippen LogP contribution in [0.5, 0.6) is 0 Å². The van der Waals surface area contributed by atoms with Crippen LogP contribution in [0.1, 0.15) is 37.3 Å². The topological polar surface area (TPSA) is 26.0 Å². The van der Waals surface area contributed by atoms with Crippen molar-refractivity contribution in [2.24, 2.45) is 17.6 Å². The summed E-state index contributed by atoms with van der Waals surface area (Å²) in [7, 11) is 0. The molecular weight excluding hydrogens is 277 g/mol. The van der Waals surface area contributed by atoms with Gasteiger partial charge in [-0.05, 0) is 37.7 Å². The molecule has 0 radical (unpaired) electrons. The van der Waals surface area contributed by atoms with Crippen LogP contribution in [0, 0.1) is 23.5 Å². The summed E-state index contributed by atoms with van der Waals surface area (Å²) in [6, 6.07) is 2.97. The summed E-state index contributed by atoms with van der Waals surface area (Å²) in [6.07, 6.45) is -3.63. The van der Waals surface area contributed by atoms with Gasteiger partial charge in [0.1, 0.15) is 0 Å². The molecule has 1 unspecified atom stereocenters. The minimum Gasteiger partial charge on any atom is -0.324 e.